The van der Waals surface area contributed by atoms with Gasteiger partial charge in [0.1, 0.15) is 23.0 Å². The molecule has 5 aromatic rings. The summed E-state index contributed by atoms with van der Waals surface area (Å²) >= 11 is 0. The molecular formula is C32H23BO2. The molecule has 7 rings (SSSR count). The Balaban J connectivity index is 1.43. The van der Waals surface area contributed by atoms with E-state index in [9.17, 15) is 0 Å². The number of benzene rings is 5. The Morgan fingerprint density at radius 2 is 1.09 bits per heavy atom. The van der Waals surface area contributed by atoms with Crippen LogP contribution >= 0.6 is 0 Å². The summed E-state index contributed by atoms with van der Waals surface area (Å²) in [5.41, 5.74) is 10.8. The van der Waals surface area contributed by atoms with Crippen LogP contribution in [0.15, 0.2) is 103 Å². The number of hydrogen-bond donors (Lipinski definition) is 0. The van der Waals surface area contributed by atoms with Gasteiger partial charge in [0.05, 0.1) is 0 Å². The topological polar surface area (TPSA) is 18.5 Å². The fourth-order valence-corrected chi connectivity index (χ4v) is 5.56. The van der Waals surface area contributed by atoms with Crippen LogP contribution in [0.5, 0.6) is 23.0 Å². The van der Waals surface area contributed by atoms with E-state index in [1.165, 1.54) is 44.3 Å². The van der Waals surface area contributed by atoms with Crippen LogP contribution in [-0.4, -0.2) is 6.71 Å². The van der Waals surface area contributed by atoms with Crippen LogP contribution < -0.4 is 25.9 Å². The molecule has 166 valence electrons. The van der Waals surface area contributed by atoms with Crippen LogP contribution in [0.1, 0.15) is 11.1 Å². The summed E-state index contributed by atoms with van der Waals surface area (Å²) in [5.74, 6) is 3.56. The van der Waals surface area contributed by atoms with Gasteiger partial charge in [-0.1, -0.05) is 78.9 Å². The van der Waals surface area contributed by atoms with Crippen molar-refractivity contribution in [2.24, 2.45) is 0 Å². The third-order valence-corrected chi connectivity index (χ3v) is 7.31. The maximum absolute atomic E-state index is 6.50. The lowest BCUT2D eigenvalue weighted by atomic mass is 9.34. The van der Waals surface area contributed by atoms with E-state index in [2.05, 4.69) is 105 Å². The van der Waals surface area contributed by atoms with E-state index >= 15 is 0 Å². The zero-order valence-electron chi connectivity index (χ0n) is 19.7. The Bertz CT molecular complexity index is 1640. The third kappa shape index (κ3) is 3.12. The largest absolute Gasteiger partial charge is 0.458 e. The molecule has 0 saturated carbocycles. The fraction of sp³-hybridized carbons (Fsp3) is 0.0625. The number of hydrogen-bond acceptors (Lipinski definition) is 2. The maximum Gasteiger partial charge on any atom is 0.260 e. The number of ether oxygens (including phenoxy) is 2. The first-order chi connectivity index (χ1) is 17.2. The minimum Gasteiger partial charge on any atom is -0.458 e. The van der Waals surface area contributed by atoms with Crippen molar-refractivity contribution in [2.75, 3.05) is 0 Å². The van der Waals surface area contributed by atoms with Gasteiger partial charge in [-0.15, -0.1) is 0 Å². The first kappa shape index (κ1) is 20.2. The molecule has 0 bridgehead atoms. The van der Waals surface area contributed by atoms with Crippen molar-refractivity contribution in [2.45, 2.75) is 13.8 Å². The summed E-state index contributed by atoms with van der Waals surface area (Å²) in [5, 5.41) is 0. The average molecular weight is 450 g/mol. The minimum absolute atomic E-state index is 0.0589. The highest BCUT2D eigenvalue weighted by molar-refractivity contribution is 6.98. The Kier molecular flexibility index (Phi) is 4.40. The van der Waals surface area contributed by atoms with E-state index < -0.39 is 0 Å². The van der Waals surface area contributed by atoms with E-state index in [0.717, 1.165) is 28.5 Å². The molecule has 3 heteroatoms. The van der Waals surface area contributed by atoms with Gasteiger partial charge < -0.3 is 9.47 Å². The smallest absolute Gasteiger partial charge is 0.260 e. The molecule has 35 heavy (non-hydrogen) atoms. The molecule has 0 aromatic heterocycles. The molecule has 0 amide bonds. The molecule has 2 aliphatic heterocycles. The van der Waals surface area contributed by atoms with Gasteiger partial charge in [-0.2, -0.15) is 0 Å². The quantitative estimate of drug-likeness (QED) is 0.285. The van der Waals surface area contributed by atoms with Gasteiger partial charge in [-0.25, -0.2) is 0 Å². The molecule has 0 spiro atoms. The molecule has 0 N–H and O–H groups in total. The van der Waals surface area contributed by atoms with Gasteiger partial charge in [0.25, 0.3) is 6.71 Å². The Hall–Kier alpha value is -4.24. The molecular weight excluding hydrogens is 427 g/mol. The van der Waals surface area contributed by atoms with E-state index in [0.29, 0.717) is 0 Å². The predicted molar refractivity (Wildman–Crippen MR) is 144 cm³/mol. The second kappa shape index (κ2) is 7.64. The predicted octanol–water partition coefficient (Wildman–Crippen LogP) is 6.37. The Labute approximate surface area is 205 Å². The summed E-state index contributed by atoms with van der Waals surface area (Å²) in [7, 11) is 0. The number of rotatable bonds is 2. The van der Waals surface area contributed by atoms with Crippen molar-refractivity contribution in [3.8, 4) is 45.3 Å². The highest BCUT2D eigenvalue weighted by atomic mass is 16.5. The minimum atomic E-state index is 0.0589. The van der Waals surface area contributed by atoms with Crippen LogP contribution in [0, 0.1) is 13.8 Å². The summed E-state index contributed by atoms with van der Waals surface area (Å²) in [4.78, 5) is 0. The van der Waals surface area contributed by atoms with Crippen LogP contribution in [0.3, 0.4) is 0 Å². The molecule has 0 unspecified atom stereocenters. The molecule has 2 nitrogen and oxygen atoms in total. The number of fused-ring (bicyclic) bond motifs is 4. The standard InChI is InChI=1S/C32H23BO2/c1-20-8-3-5-10-24(20)22-15-17-28-27(18-22)33-26-16-14-23(25-11-6-4-9-21(25)2)19-31(26)35-30-13-7-12-29(34-28)32(30)33/h3-19H,1-2H3. The summed E-state index contributed by atoms with van der Waals surface area (Å²) < 4.78 is 12.9. The molecule has 2 heterocycles. The lowest BCUT2D eigenvalue weighted by Gasteiger charge is -2.33. The molecule has 0 atom stereocenters. The van der Waals surface area contributed by atoms with E-state index in [1.807, 2.05) is 12.1 Å². The van der Waals surface area contributed by atoms with Gasteiger partial charge in [0.15, 0.2) is 0 Å². The summed E-state index contributed by atoms with van der Waals surface area (Å²) in [6.45, 7) is 4.37. The first-order valence-electron chi connectivity index (χ1n) is 12.1. The van der Waals surface area contributed by atoms with Gasteiger partial charge in [-0.05, 0) is 82.4 Å². The van der Waals surface area contributed by atoms with Crippen molar-refractivity contribution in [1.82, 2.24) is 0 Å². The van der Waals surface area contributed by atoms with Gasteiger partial charge in [0, 0.05) is 5.46 Å². The van der Waals surface area contributed by atoms with E-state index in [4.69, 9.17) is 9.47 Å². The summed E-state index contributed by atoms with van der Waals surface area (Å²) in [6, 6.07) is 36.3. The molecule has 0 saturated heterocycles. The Morgan fingerprint density at radius 1 is 0.486 bits per heavy atom. The van der Waals surface area contributed by atoms with E-state index in [-0.39, 0.29) is 6.71 Å². The molecule has 0 fully saturated rings. The highest BCUT2D eigenvalue weighted by Gasteiger charge is 2.40. The van der Waals surface area contributed by atoms with Crippen molar-refractivity contribution >= 4 is 23.1 Å². The second-order valence-corrected chi connectivity index (χ2v) is 9.44. The molecule has 0 radical (unpaired) electrons. The van der Waals surface area contributed by atoms with Gasteiger partial charge in [-0.3, -0.25) is 0 Å². The summed E-state index contributed by atoms with van der Waals surface area (Å²) in [6.07, 6.45) is 0. The van der Waals surface area contributed by atoms with Gasteiger partial charge >= 0.3 is 0 Å². The second-order valence-electron chi connectivity index (χ2n) is 9.44. The maximum atomic E-state index is 6.50. The SMILES string of the molecule is Cc1ccccc1-c1ccc2c(c1)Oc1cccc3c1B2c1cc(-c2ccccc2C)ccc1O3. The van der Waals surface area contributed by atoms with Crippen LogP contribution in [0.2, 0.25) is 0 Å². The molecule has 0 aliphatic carbocycles. The Morgan fingerprint density at radius 3 is 1.77 bits per heavy atom. The van der Waals surface area contributed by atoms with Crippen LogP contribution in [0.25, 0.3) is 22.3 Å². The van der Waals surface area contributed by atoms with Gasteiger partial charge in [0.2, 0.25) is 0 Å². The zero-order valence-corrected chi connectivity index (χ0v) is 19.7. The molecule has 2 aliphatic rings. The van der Waals surface area contributed by atoms with E-state index in [1.54, 1.807) is 0 Å². The van der Waals surface area contributed by atoms with Crippen LogP contribution in [-0.2, 0) is 0 Å². The average Bonchev–Trinajstić information content (AvgIpc) is 2.88. The monoisotopic (exact) mass is 450 g/mol. The van der Waals surface area contributed by atoms with Crippen LogP contribution in [0.4, 0.5) is 0 Å². The van der Waals surface area contributed by atoms with Crippen molar-refractivity contribution in [3.63, 3.8) is 0 Å². The van der Waals surface area contributed by atoms with Crippen molar-refractivity contribution in [1.29, 1.82) is 0 Å². The zero-order chi connectivity index (χ0) is 23.5. The third-order valence-electron chi connectivity index (χ3n) is 7.31. The molecule has 5 aromatic carbocycles. The number of aryl methyl sites for hydroxylation is 2. The highest BCUT2D eigenvalue weighted by Crippen LogP contribution is 2.37. The lowest BCUT2D eigenvalue weighted by Crippen LogP contribution is -2.57. The first-order valence-corrected chi connectivity index (χ1v) is 12.1. The van der Waals surface area contributed by atoms with Crippen molar-refractivity contribution < 1.29 is 9.47 Å². The fourth-order valence-electron chi connectivity index (χ4n) is 5.56. The van der Waals surface area contributed by atoms with Crippen molar-refractivity contribution in [3.05, 3.63) is 114 Å². The normalized spacial score (nSPS) is 12.7. The lowest BCUT2D eigenvalue weighted by molar-refractivity contribution is 0.464.